The van der Waals surface area contributed by atoms with Gasteiger partial charge in [-0.15, -0.1) is 24.8 Å². The first-order valence-electron chi connectivity index (χ1n) is 6.47. The van der Waals surface area contributed by atoms with Gasteiger partial charge in [0.1, 0.15) is 12.4 Å². The molecule has 7 heteroatoms. The number of nitrogens with one attached hydrogen (secondary N) is 2. The molecule has 0 aliphatic rings. The first-order chi connectivity index (χ1) is 9.11. The Labute approximate surface area is 137 Å². The van der Waals surface area contributed by atoms with Crippen molar-refractivity contribution < 1.29 is 4.79 Å². The molecule has 1 atom stereocenters. The van der Waals surface area contributed by atoms with Crippen LogP contribution in [0.4, 0.5) is 0 Å². The average Bonchev–Trinajstić information content (AvgIpc) is 2.72. The van der Waals surface area contributed by atoms with E-state index in [1.165, 1.54) is 0 Å². The SMILES string of the molecule is CNC(C)CNC(=O)Cn1c(C)nc2ccccc21.Cl.Cl. The Kier molecular flexibility index (Phi) is 8.32. The fraction of sp³-hybridized carbons (Fsp3) is 0.429. The van der Waals surface area contributed by atoms with E-state index in [1.54, 1.807) is 0 Å². The highest BCUT2D eigenvalue weighted by Crippen LogP contribution is 2.14. The minimum Gasteiger partial charge on any atom is -0.353 e. The summed E-state index contributed by atoms with van der Waals surface area (Å²) in [5, 5.41) is 6.00. The van der Waals surface area contributed by atoms with Crippen molar-refractivity contribution in [3.63, 3.8) is 0 Å². The largest absolute Gasteiger partial charge is 0.353 e. The summed E-state index contributed by atoms with van der Waals surface area (Å²) in [4.78, 5) is 16.4. The van der Waals surface area contributed by atoms with Crippen LogP contribution in [0.25, 0.3) is 11.0 Å². The van der Waals surface area contributed by atoms with Crippen LogP contribution in [0.1, 0.15) is 12.7 Å². The molecule has 5 nitrogen and oxygen atoms in total. The minimum atomic E-state index is 0. The van der Waals surface area contributed by atoms with Gasteiger partial charge in [0, 0.05) is 12.6 Å². The van der Waals surface area contributed by atoms with Crippen LogP contribution in [-0.4, -0.2) is 35.1 Å². The van der Waals surface area contributed by atoms with Crippen molar-refractivity contribution in [2.75, 3.05) is 13.6 Å². The number of carbonyl (C=O) groups is 1. The van der Waals surface area contributed by atoms with Crippen molar-refractivity contribution in [2.24, 2.45) is 0 Å². The van der Waals surface area contributed by atoms with Crippen LogP contribution in [0.3, 0.4) is 0 Å². The molecular weight excluding hydrogens is 311 g/mol. The number of imidazole rings is 1. The second-order valence-corrected chi connectivity index (χ2v) is 4.73. The van der Waals surface area contributed by atoms with Crippen molar-refractivity contribution in [1.29, 1.82) is 0 Å². The first kappa shape index (κ1) is 19.7. The summed E-state index contributed by atoms with van der Waals surface area (Å²) in [5.41, 5.74) is 1.92. The number of likely N-dealkylation sites (N-methyl/N-ethyl adjacent to an activating group) is 1. The molecule has 0 spiro atoms. The third-order valence-electron chi connectivity index (χ3n) is 3.25. The van der Waals surface area contributed by atoms with Crippen LogP contribution >= 0.6 is 24.8 Å². The minimum absolute atomic E-state index is 0. The van der Waals surface area contributed by atoms with Crippen molar-refractivity contribution >= 4 is 41.8 Å². The molecule has 0 aliphatic carbocycles. The summed E-state index contributed by atoms with van der Waals surface area (Å²) >= 11 is 0. The second-order valence-electron chi connectivity index (χ2n) is 4.73. The van der Waals surface area contributed by atoms with Crippen molar-refractivity contribution in [3.05, 3.63) is 30.1 Å². The fourth-order valence-corrected chi connectivity index (χ4v) is 1.96. The van der Waals surface area contributed by atoms with E-state index in [4.69, 9.17) is 0 Å². The maximum atomic E-state index is 11.9. The van der Waals surface area contributed by atoms with Gasteiger partial charge in [0.15, 0.2) is 0 Å². The van der Waals surface area contributed by atoms with Gasteiger partial charge >= 0.3 is 0 Å². The van der Waals surface area contributed by atoms with Gasteiger partial charge in [-0.3, -0.25) is 4.79 Å². The Balaban J connectivity index is 0.00000200. The topological polar surface area (TPSA) is 58.9 Å². The van der Waals surface area contributed by atoms with Crippen LogP contribution in [-0.2, 0) is 11.3 Å². The number of benzene rings is 1. The van der Waals surface area contributed by atoms with Crippen LogP contribution in [0.5, 0.6) is 0 Å². The van der Waals surface area contributed by atoms with Gasteiger partial charge in [-0.2, -0.15) is 0 Å². The van der Waals surface area contributed by atoms with E-state index in [9.17, 15) is 4.79 Å². The summed E-state index contributed by atoms with van der Waals surface area (Å²) in [6, 6.07) is 8.12. The number of hydrogen-bond acceptors (Lipinski definition) is 3. The van der Waals surface area contributed by atoms with Gasteiger partial charge in [0.05, 0.1) is 11.0 Å². The number of aromatic nitrogens is 2. The van der Waals surface area contributed by atoms with E-state index in [-0.39, 0.29) is 36.8 Å². The lowest BCUT2D eigenvalue weighted by Gasteiger charge is -2.12. The number of hydrogen-bond donors (Lipinski definition) is 2. The maximum absolute atomic E-state index is 11.9. The number of nitrogens with zero attached hydrogens (tertiary/aromatic N) is 2. The second kappa shape index (κ2) is 8.87. The van der Waals surface area contributed by atoms with E-state index in [0.29, 0.717) is 13.1 Å². The van der Waals surface area contributed by atoms with E-state index < -0.39 is 0 Å². The highest BCUT2D eigenvalue weighted by atomic mass is 35.5. The average molecular weight is 333 g/mol. The molecule has 2 aromatic rings. The van der Waals surface area contributed by atoms with Crippen LogP contribution in [0.2, 0.25) is 0 Å². The zero-order valence-electron chi connectivity index (χ0n) is 12.4. The van der Waals surface area contributed by atoms with Gasteiger partial charge in [0.25, 0.3) is 0 Å². The van der Waals surface area contributed by atoms with Crippen molar-refractivity contribution in [1.82, 2.24) is 20.2 Å². The van der Waals surface area contributed by atoms with E-state index in [1.807, 2.05) is 49.7 Å². The predicted octanol–water partition coefficient (Wildman–Crippen LogP) is 1.91. The van der Waals surface area contributed by atoms with Crippen LogP contribution < -0.4 is 10.6 Å². The van der Waals surface area contributed by atoms with Crippen molar-refractivity contribution in [3.8, 4) is 0 Å². The lowest BCUT2D eigenvalue weighted by molar-refractivity contribution is -0.121. The molecule has 1 heterocycles. The lowest BCUT2D eigenvalue weighted by atomic mass is 10.3. The molecular formula is C14H22Cl2N4O. The maximum Gasteiger partial charge on any atom is 0.240 e. The van der Waals surface area contributed by atoms with Gasteiger partial charge in [-0.25, -0.2) is 4.98 Å². The number of rotatable bonds is 5. The number of carbonyl (C=O) groups excluding carboxylic acids is 1. The molecule has 0 aliphatic heterocycles. The Bertz CT molecular complexity index is 585. The summed E-state index contributed by atoms with van der Waals surface area (Å²) in [6.07, 6.45) is 0. The Morgan fingerprint density at radius 1 is 1.33 bits per heavy atom. The molecule has 1 aromatic heterocycles. The third-order valence-corrected chi connectivity index (χ3v) is 3.25. The summed E-state index contributed by atoms with van der Waals surface area (Å²) < 4.78 is 1.94. The van der Waals surface area contributed by atoms with E-state index in [2.05, 4.69) is 15.6 Å². The Hall–Kier alpha value is -1.30. The number of halogens is 2. The number of amides is 1. The Morgan fingerprint density at radius 2 is 2.00 bits per heavy atom. The van der Waals surface area contributed by atoms with Gasteiger partial charge < -0.3 is 15.2 Å². The molecule has 2 N–H and O–H groups in total. The molecule has 0 bridgehead atoms. The number of aryl methyl sites for hydroxylation is 1. The molecule has 0 saturated heterocycles. The Morgan fingerprint density at radius 3 is 2.67 bits per heavy atom. The van der Waals surface area contributed by atoms with Crippen LogP contribution in [0, 0.1) is 6.92 Å². The molecule has 1 aromatic carbocycles. The van der Waals surface area contributed by atoms with E-state index in [0.717, 1.165) is 16.9 Å². The molecule has 1 amide bonds. The quantitative estimate of drug-likeness (QED) is 0.879. The molecule has 2 rings (SSSR count). The first-order valence-corrected chi connectivity index (χ1v) is 6.47. The van der Waals surface area contributed by atoms with Crippen LogP contribution in [0.15, 0.2) is 24.3 Å². The van der Waals surface area contributed by atoms with Gasteiger partial charge in [-0.1, -0.05) is 12.1 Å². The van der Waals surface area contributed by atoms with Crippen molar-refractivity contribution in [2.45, 2.75) is 26.4 Å². The molecule has 0 saturated carbocycles. The standard InChI is InChI=1S/C14H20N4O.2ClH/c1-10(15-3)8-16-14(19)9-18-11(2)17-12-6-4-5-7-13(12)18;;/h4-7,10,15H,8-9H2,1-3H3,(H,16,19);2*1H. The summed E-state index contributed by atoms with van der Waals surface area (Å²) in [5.74, 6) is 0.867. The van der Waals surface area contributed by atoms with E-state index >= 15 is 0 Å². The number of fused-ring (bicyclic) bond motifs is 1. The monoisotopic (exact) mass is 332 g/mol. The summed E-state index contributed by atoms with van der Waals surface area (Å²) in [7, 11) is 1.88. The zero-order valence-corrected chi connectivity index (χ0v) is 14.1. The molecule has 0 radical (unpaired) electrons. The smallest absolute Gasteiger partial charge is 0.240 e. The normalized spacial score (nSPS) is 11.4. The molecule has 21 heavy (non-hydrogen) atoms. The van der Waals surface area contributed by atoms with Gasteiger partial charge in [-0.05, 0) is 33.0 Å². The molecule has 0 fully saturated rings. The zero-order chi connectivity index (χ0) is 13.8. The highest BCUT2D eigenvalue weighted by Gasteiger charge is 2.10. The number of para-hydroxylation sites is 2. The predicted molar refractivity (Wildman–Crippen MR) is 90.5 cm³/mol. The highest BCUT2D eigenvalue weighted by molar-refractivity contribution is 5.85. The third kappa shape index (κ3) is 4.88. The lowest BCUT2D eigenvalue weighted by Crippen LogP contribution is -2.38. The fourth-order valence-electron chi connectivity index (χ4n) is 1.96. The summed E-state index contributed by atoms with van der Waals surface area (Å²) in [6.45, 7) is 4.88. The van der Waals surface area contributed by atoms with Gasteiger partial charge in [0.2, 0.25) is 5.91 Å². The molecule has 1 unspecified atom stereocenters. The molecule has 118 valence electrons.